The topological polar surface area (TPSA) is 66.4 Å². The van der Waals surface area contributed by atoms with E-state index in [0.717, 1.165) is 37.7 Å². The zero-order valence-corrected chi connectivity index (χ0v) is 12.4. The fourth-order valence-corrected chi connectivity index (χ4v) is 4.90. The van der Waals surface area contributed by atoms with E-state index in [4.69, 9.17) is 0 Å². The maximum absolute atomic E-state index is 12.5. The van der Waals surface area contributed by atoms with E-state index < -0.39 is 15.6 Å². The molecule has 0 atom stereocenters. The van der Waals surface area contributed by atoms with Crippen molar-refractivity contribution in [3.63, 3.8) is 0 Å². The van der Waals surface area contributed by atoms with Crippen LogP contribution in [-0.4, -0.2) is 25.7 Å². The van der Waals surface area contributed by atoms with Crippen LogP contribution in [0.3, 0.4) is 0 Å². The predicted molar refractivity (Wildman–Crippen MR) is 77.1 cm³/mol. The number of sulfonamides is 1. The Kier molecular flexibility index (Phi) is 3.60. The highest BCUT2D eigenvalue weighted by Crippen LogP contribution is 2.31. The minimum atomic E-state index is -3.55. The minimum Gasteiger partial charge on any atom is -0.394 e. The van der Waals surface area contributed by atoms with Gasteiger partial charge in [0.25, 0.3) is 0 Å². The number of hydrogen-bond acceptors (Lipinski definition) is 3. The van der Waals surface area contributed by atoms with Crippen LogP contribution in [0.2, 0.25) is 0 Å². The molecule has 0 heterocycles. The smallest absolute Gasteiger partial charge is 0.241 e. The molecule has 5 heteroatoms. The second kappa shape index (κ2) is 5.13. The molecular formula is C15H21NO3S. The summed E-state index contributed by atoms with van der Waals surface area (Å²) < 4.78 is 27.8. The van der Waals surface area contributed by atoms with E-state index >= 15 is 0 Å². The molecule has 0 saturated heterocycles. The van der Waals surface area contributed by atoms with Gasteiger partial charge in [0.1, 0.15) is 0 Å². The summed E-state index contributed by atoms with van der Waals surface area (Å²) in [5.41, 5.74) is 1.76. The normalized spacial score (nSPS) is 21.1. The van der Waals surface area contributed by atoms with Crippen LogP contribution >= 0.6 is 0 Å². The van der Waals surface area contributed by atoms with E-state index in [-0.39, 0.29) is 6.61 Å². The van der Waals surface area contributed by atoms with Gasteiger partial charge in [-0.05, 0) is 55.4 Å². The molecule has 1 aromatic carbocycles. The molecule has 2 N–H and O–H groups in total. The van der Waals surface area contributed by atoms with Crippen LogP contribution in [0.25, 0.3) is 0 Å². The predicted octanol–water partition coefficient (Wildman–Crippen LogP) is 1.76. The van der Waals surface area contributed by atoms with Crippen molar-refractivity contribution >= 4 is 10.0 Å². The van der Waals surface area contributed by atoms with Crippen molar-refractivity contribution in [2.45, 2.75) is 55.4 Å². The zero-order chi connectivity index (χ0) is 14.2. The monoisotopic (exact) mass is 295 g/mol. The molecular weight excluding hydrogens is 274 g/mol. The van der Waals surface area contributed by atoms with Crippen LogP contribution in [0.4, 0.5) is 0 Å². The summed E-state index contributed by atoms with van der Waals surface area (Å²) in [6, 6.07) is 5.41. The van der Waals surface area contributed by atoms with Crippen LogP contribution in [0.1, 0.15) is 43.2 Å². The van der Waals surface area contributed by atoms with Gasteiger partial charge in [0.2, 0.25) is 10.0 Å². The highest BCUT2D eigenvalue weighted by atomic mass is 32.2. The van der Waals surface area contributed by atoms with Gasteiger partial charge in [-0.15, -0.1) is 0 Å². The number of benzene rings is 1. The number of fused-ring (bicyclic) bond motifs is 1. The van der Waals surface area contributed by atoms with Gasteiger partial charge in [-0.2, -0.15) is 0 Å². The van der Waals surface area contributed by atoms with Crippen molar-refractivity contribution in [1.29, 1.82) is 0 Å². The third-order valence-electron chi connectivity index (χ3n) is 4.59. The number of aliphatic hydroxyl groups is 1. The molecule has 0 radical (unpaired) electrons. The van der Waals surface area contributed by atoms with Crippen molar-refractivity contribution in [3.05, 3.63) is 29.3 Å². The van der Waals surface area contributed by atoms with Gasteiger partial charge in [0.15, 0.2) is 0 Å². The maximum Gasteiger partial charge on any atom is 0.241 e. The Morgan fingerprint density at radius 2 is 1.80 bits per heavy atom. The van der Waals surface area contributed by atoms with Gasteiger partial charge < -0.3 is 5.11 Å². The fourth-order valence-electron chi connectivity index (χ4n) is 3.40. The van der Waals surface area contributed by atoms with Gasteiger partial charge >= 0.3 is 0 Å². The quantitative estimate of drug-likeness (QED) is 0.889. The van der Waals surface area contributed by atoms with Crippen molar-refractivity contribution in [2.75, 3.05) is 6.61 Å². The standard InChI is InChI=1S/C15H21NO3S/c17-11-15(8-1-2-9-15)16-20(18,19)14-7-6-12-4-3-5-13(12)10-14/h6-7,10,16-17H,1-5,8-9,11H2. The van der Waals surface area contributed by atoms with Crippen LogP contribution in [-0.2, 0) is 22.9 Å². The lowest BCUT2D eigenvalue weighted by Gasteiger charge is -2.27. The minimum absolute atomic E-state index is 0.128. The molecule has 110 valence electrons. The molecule has 2 aliphatic rings. The van der Waals surface area contributed by atoms with Gasteiger partial charge in [0.05, 0.1) is 17.0 Å². The molecule has 0 amide bonds. The molecule has 20 heavy (non-hydrogen) atoms. The third kappa shape index (κ3) is 2.50. The second-order valence-corrected chi connectivity index (χ2v) is 7.72. The first-order chi connectivity index (χ1) is 9.55. The van der Waals surface area contributed by atoms with Crippen molar-refractivity contribution in [2.24, 2.45) is 0 Å². The highest BCUT2D eigenvalue weighted by Gasteiger charge is 2.37. The number of rotatable bonds is 4. The van der Waals surface area contributed by atoms with E-state index in [9.17, 15) is 13.5 Å². The first-order valence-electron chi connectivity index (χ1n) is 7.31. The van der Waals surface area contributed by atoms with E-state index in [1.165, 1.54) is 5.56 Å². The van der Waals surface area contributed by atoms with E-state index in [2.05, 4.69) is 4.72 Å². The van der Waals surface area contributed by atoms with E-state index in [1.807, 2.05) is 6.07 Å². The summed E-state index contributed by atoms with van der Waals surface area (Å²) in [5, 5.41) is 9.55. The Balaban J connectivity index is 1.88. The van der Waals surface area contributed by atoms with Crippen LogP contribution < -0.4 is 4.72 Å². The Labute approximate surface area is 120 Å². The van der Waals surface area contributed by atoms with Gasteiger partial charge in [-0.25, -0.2) is 13.1 Å². The van der Waals surface area contributed by atoms with E-state index in [0.29, 0.717) is 17.7 Å². The van der Waals surface area contributed by atoms with Crippen LogP contribution in [0, 0.1) is 0 Å². The lowest BCUT2D eigenvalue weighted by Crippen LogP contribution is -2.49. The van der Waals surface area contributed by atoms with Crippen molar-refractivity contribution in [1.82, 2.24) is 4.72 Å². The lowest BCUT2D eigenvalue weighted by atomic mass is 10.0. The van der Waals surface area contributed by atoms with E-state index in [1.54, 1.807) is 12.1 Å². The molecule has 0 aliphatic heterocycles. The largest absolute Gasteiger partial charge is 0.394 e. The fraction of sp³-hybridized carbons (Fsp3) is 0.600. The summed E-state index contributed by atoms with van der Waals surface area (Å²) in [4.78, 5) is 0.331. The molecule has 3 rings (SSSR count). The average Bonchev–Trinajstić information content (AvgIpc) is 3.06. The molecule has 0 aromatic heterocycles. The highest BCUT2D eigenvalue weighted by molar-refractivity contribution is 7.89. The molecule has 1 saturated carbocycles. The Bertz CT molecular complexity index is 604. The molecule has 0 spiro atoms. The molecule has 1 fully saturated rings. The van der Waals surface area contributed by atoms with Gasteiger partial charge in [-0.3, -0.25) is 0 Å². The molecule has 0 unspecified atom stereocenters. The summed E-state index contributed by atoms with van der Waals surface area (Å²) in [6.07, 6.45) is 6.47. The maximum atomic E-state index is 12.5. The Morgan fingerprint density at radius 1 is 1.10 bits per heavy atom. The molecule has 4 nitrogen and oxygen atoms in total. The van der Waals surface area contributed by atoms with Gasteiger partial charge in [-0.1, -0.05) is 18.9 Å². The number of aliphatic hydroxyl groups excluding tert-OH is 1. The summed E-state index contributed by atoms with van der Waals surface area (Å²) in [5.74, 6) is 0. The Morgan fingerprint density at radius 3 is 2.50 bits per heavy atom. The number of nitrogens with one attached hydrogen (secondary N) is 1. The Hall–Kier alpha value is -0.910. The zero-order valence-electron chi connectivity index (χ0n) is 11.6. The first-order valence-corrected chi connectivity index (χ1v) is 8.80. The molecule has 0 bridgehead atoms. The average molecular weight is 295 g/mol. The van der Waals surface area contributed by atoms with Crippen molar-refractivity contribution < 1.29 is 13.5 Å². The summed E-state index contributed by atoms with van der Waals surface area (Å²) in [7, 11) is -3.55. The van der Waals surface area contributed by atoms with Crippen LogP contribution in [0.15, 0.2) is 23.1 Å². The first kappa shape index (κ1) is 14.0. The summed E-state index contributed by atoms with van der Waals surface area (Å²) in [6.45, 7) is -0.128. The third-order valence-corrected chi connectivity index (χ3v) is 6.17. The van der Waals surface area contributed by atoms with Gasteiger partial charge in [0, 0.05) is 0 Å². The summed E-state index contributed by atoms with van der Waals surface area (Å²) >= 11 is 0. The number of aryl methyl sites for hydroxylation is 2. The number of hydrogen-bond donors (Lipinski definition) is 2. The SMILES string of the molecule is O=S(=O)(NC1(CO)CCCC1)c1ccc2c(c1)CCC2. The molecule has 1 aromatic rings. The molecule has 2 aliphatic carbocycles. The van der Waals surface area contributed by atoms with Crippen LogP contribution in [0.5, 0.6) is 0 Å². The second-order valence-electron chi connectivity index (χ2n) is 6.04. The lowest BCUT2D eigenvalue weighted by molar-refractivity contribution is 0.185. The van der Waals surface area contributed by atoms with Crippen molar-refractivity contribution in [3.8, 4) is 0 Å².